The van der Waals surface area contributed by atoms with E-state index in [-0.39, 0.29) is 22.8 Å². The maximum atomic E-state index is 15.9. The average Bonchev–Trinajstić information content (AvgIpc) is 3.63. The van der Waals surface area contributed by atoms with Crippen molar-refractivity contribution in [3.8, 4) is 33.2 Å². The van der Waals surface area contributed by atoms with E-state index in [1.54, 1.807) is 37.4 Å². The maximum absolute atomic E-state index is 15.9. The Morgan fingerprint density at radius 3 is 2.83 bits per heavy atom. The van der Waals surface area contributed by atoms with Gasteiger partial charge in [0.05, 0.1) is 27.7 Å². The summed E-state index contributed by atoms with van der Waals surface area (Å²) in [6.07, 6.45) is 6.17. The van der Waals surface area contributed by atoms with Crippen LogP contribution in [0.5, 0.6) is 0 Å². The van der Waals surface area contributed by atoms with Gasteiger partial charge in [0, 0.05) is 35.6 Å². The molecule has 0 aliphatic heterocycles. The normalized spacial score (nSPS) is 11.6. The third-order valence-corrected chi connectivity index (χ3v) is 6.62. The highest BCUT2D eigenvalue weighted by Gasteiger charge is 2.22. The molecule has 0 atom stereocenters. The summed E-state index contributed by atoms with van der Waals surface area (Å²) in [6.45, 7) is 3.59. The number of aromatic amines is 2. The number of hydrogen-bond acceptors (Lipinski definition) is 7. The number of aromatic nitrogens is 7. The molecule has 6 aromatic rings. The van der Waals surface area contributed by atoms with Gasteiger partial charge in [-0.05, 0) is 23.6 Å². The van der Waals surface area contributed by atoms with E-state index in [1.807, 2.05) is 23.6 Å². The summed E-state index contributed by atoms with van der Waals surface area (Å²) in [5.74, 6) is -0.469. The molecule has 0 aromatic carbocycles. The van der Waals surface area contributed by atoms with Crippen LogP contribution in [0.15, 0.2) is 54.4 Å². The zero-order chi connectivity index (χ0) is 24.8. The fraction of sp³-hybridized carbons (Fsp3) is 0.120. The van der Waals surface area contributed by atoms with Crippen LogP contribution in [0, 0.1) is 11.7 Å². The van der Waals surface area contributed by atoms with Gasteiger partial charge in [-0.1, -0.05) is 19.9 Å². The van der Waals surface area contributed by atoms with Crippen LogP contribution >= 0.6 is 11.3 Å². The summed E-state index contributed by atoms with van der Waals surface area (Å²) in [5, 5.41) is 12.1. The van der Waals surface area contributed by atoms with Crippen molar-refractivity contribution in [3.63, 3.8) is 0 Å². The number of nitrogens with one attached hydrogen (secondary N) is 3. The van der Waals surface area contributed by atoms with E-state index >= 15 is 4.39 Å². The van der Waals surface area contributed by atoms with Gasteiger partial charge >= 0.3 is 0 Å². The fourth-order valence-electron chi connectivity index (χ4n) is 3.91. The summed E-state index contributed by atoms with van der Waals surface area (Å²) in [6, 6.07) is 7.42. The second-order valence-corrected chi connectivity index (χ2v) is 9.45. The molecule has 0 saturated heterocycles. The van der Waals surface area contributed by atoms with Crippen LogP contribution in [0.25, 0.3) is 55.3 Å². The molecule has 0 aliphatic carbocycles. The molecule has 11 heteroatoms. The van der Waals surface area contributed by atoms with Gasteiger partial charge in [0.25, 0.3) is 0 Å². The fourth-order valence-corrected chi connectivity index (χ4v) is 4.63. The van der Waals surface area contributed by atoms with Crippen LogP contribution in [0.4, 0.5) is 10.1 Å². The molecule has 9 nitrogen and oxygen atoms in total. The Bertz CT molecular complexity index is 1740. The number of hydrogen-bond donors (Lipinski definition) is 3. The molecule has 1 amide bonds. The van der Waals surface area contributed by atoms with Crippen molar-refractivity contribution >= 4 is 45.0 Å². The van der Waals surface area contributed by atoms with Gasteiger partial charge in [-0.15, -0.1) is 11.3 Å². The number of H-pyrrole nitrogens is 2. The van der Waals surface area contributed by atoms with E-state index in [4.69, 9.17) is 4.98 Å². The van der Waals surface area contributed by atoms with Gasteiger partial charge in [0.1, 0.15) is 22.7 Å². The quantitative estimate of drug-likeness (QED) is 0.291. The number of carbonyl (C=O) groups excluding carboxylic acids is 1. The maximum Gasteiger partial charge on any atom is 0.226 e. The summed E-state index contributed by atoms with van der Waals surface area (Å²) < 4.78 is 15.9. The van der Waals surface area contributed by atoms with Crippen molar-refractivity contribution in [2.24, 2.45) is 5.92 Å². The Balaban J connectivity index is 1.46. The molecule has 178 valence electrons. The molecule has 6 aromatic heterocycles. The first-order valence-corrected chi connectivity index (χ1v) is 12.1. The number of thiophene rings is 1. The Labute approximate surface area is 207 Å². The van der Waals surface area contributed by atoms with Crippen LogP contribution in [0.2, 0.25) is 0 Å². The van der Waals surface area contributed by atoms with Gasteiger partial charge in [0.2, 0.25) is 5.91 Å². The van der Waals surface area contributed by atoms with Crippen molar-refractivity contribution < 1.29 is 9.18 Å². The largest absolute Gasteiger partial charge is 0.336 e. The van der Waals surface area contributed by atoms with Crippen molar-refractivity contribution in [2.75, 3.05) is 5.32 Å². The molecule has 0 aliphatic rings. The van der Waals surface area contributed by atoms with Crippen LogP contribution in [-0.4, -0.2) is 41.0 Å². The number of anilines is 1. The predicted octanol–water partition coefficient (Wildman–Crippen LogP) is 5.42. The molecule has 0 bridgehead atoms. The minimum Gasteiger partial charge on any atom is -0.336 e. The summed E-state index contributed by atoms with van der Waals surface area (Å²) in [5.41, 5.74) is 3.97. The zero-order valence-electron chi connectivity index (χ0n) is 19.2. The summed E-state index contributed by atoms with van der Waals surface area (Å²) in [4.78, 5) is 34.1. The Kier molecular flexibility index (Phi) is 5.26. The number of imidazole rings is 1. The SMILES string of the molecule is CC(C)C(=O)Nc1cncc(-c2cnc3[nH]nc(-c4nc5c(-c6cccs6)nccc5[nH]4)c3c2F)c1. The minimum absolute atomic E-state index is 0.151. The average molecular weight is 499 g/mol. The van der Waals surface area contributed by atoms with E-state index in [9.17, 15) is 4.79 Å². The lowest BCUT2D eigenvalue weighted by atomic mass is 10.1. The third kappa shape index (κ3) is 3.69. The summed E-state index contributed by atoms with van der Waals surface area (Å²) in [7, 11) is 0. The number of nitrogens with zero attached hydrogens (tertiary/aromatic N) is 5. The van der Waals surface area contributed by atoms with E-state index in [0.717, 1.165) is 16.1 Å². The highest BCUT2D eigenvalue weighted by atomic mass is 32.1. The minimum atomic E-state index is -0.519. The topological polar surface area (TPSA) is 125 Å². The van der Waals surface area contributed by atoms with Crippen LogP contribution in [0.3, 0.4) is 0 Å². The van der Waals surface area contributed by atoms with Crippen molar-refractivity contribution in [2.45, 2.75) is 13.8 Å². The van der Waals surface area contributed by atoms with E-state index in [2.05, 4.69) is 35.5 Å². The van der Waals surface area contributed by atoms with Gasteiger partial charge in [0.15, 0.2) is 11.5 Å². The van der Waals surface area contributed by atoms with Crippen molar-refractivity contribution in [3.05, 3.63) is 60.3 Å². The smallest absolute Gasteiger partial charge is 0.226 e. The molecule has 0 unspecified atom stereocenters. The summed E-state index contributed by atoms with van der Waals surface area (Å²) >= 11 is 1.57. The first kappa shape index (κ1) is 22.0. The number of amides is 1. The van der Waals surface area contributed by atoms with Gasteiger partial charge < -0.3 is 10.3 Å². The Hall–Kier alpha value is -4.51. The molecule has 36 heavy (non-hydrogen) atoms. The molecule has 0 radical (unpaired) electrons. The number of rotatable bonds is 5. The molecule has 0 spiro atoms. The van der Waals surface area contributed by atoms with E-state index < -0.39 is 5.82 Å². The molecule has 3 N–H and O–H groups in total. The molecule has 0 saturated carbocycles. The monoisotopic (exact) mass is 498 g/mol. The van der Waals surface area contributed by atoms with Gasteiger partial charge in [-0.2, -0.15) is 5.10 Å². The van der Waals surface area contributed by atoms with Crippen molar-refractivity contribution in [1.29, 1.82) is 0 Å². The number of halogens is 1. The van der Waals surface area contributed by atoms with Crippen LogP contribution < -0.4 is 5.32 Å². The molecule has 0 fully saturated rings. The highest BCUT2D eigenvalue weighted by Crippen LogP contribution is 2.35. The predicted molar refractivity (Wildman–Crippen MR) is 137 cm³/mol. The third-order valence-electron chi connectivity index (χ3n) is 5.75. The van der Waals surface area contributed by atoms with Gasteiger partial charge in [-0.3, -0.25) is 19.9 Å². The second-order valence-electron chi connectivity index (χ2n) is 8.51. The number of carbonyl (C=O) groups is 1. The standard InChI is InChI=1S/C25H19FN8OS/c1-12(2)25(35)30-14-8-13(9-27-10-14)15-11-29-23-18(19(15)26)22(33-34-23)24-31-16-5-6-28-21(20(16)32-24)17-4-3-7-36-17/h3-12H,1-2H3,(H,30,35)(H,31,32)(H,29,33,34). The lowest BCUT2D eigenvalue weighted by Gasteiger charge is -2.09. The number of fused-ring (bicyclic) bond motifs is 2. The first-order chi connectivity index (χ1) is 17.5. The first-order valence-electron chi connectivity index (χ1n) is 11.2. The lowest BCUT2D eigenvalue weighted by molar-refractivity contribution is -0.118. The zero-order valence-corrected chi connectivity index (χ0v) is 20.0. The molecular weight excluding hydrogens is 479 g/mol. The number of pyridine rings is 3. The Morgan fingerprint density at radius 2 is 2.03 bits per heavy atom. The van der Waals surface area contributed by atoms with Crippen LogP contribution in [-0.2, 0) is 4.79 Å². The molecular formula is C25H19FN8OS. The van der Waals surface area contributed by atoms with E-state index in [0.29, 0.717) is 33.9 Å². The van der Waals surface area contributed by atoms with Crippen molar-refractivity contribution in [1.82, 2.24) is 35.1 Å². The van der Waals surface area contributed by atoms with E-state index in [1.165, 1.54) is 18.6 Å². The van der Waals surface area contributed by atoms with Gasteiger partial charge in [-0.25, -0.2) is 14.4 Å². The second kappa shape index (κ2) is 8.61. The highest BCUT2D eigenvalue weighted by molar-refractivity contribution is 7.13. The lowest BCUT2D eigenvalue weighted by Crippen LogP contribution is -2.17. The molecule has 6 heterocycles. The Morgan fingerprint density at radius 1 is 1.14 bits per heavy atom. The molecule has 6 rings (SSSR count). The van der Waals surface area contributed by atoms with Crippen LogP contribution in [0.1, 0.15) is 13.8 Å².